The third kappa shape index (κ3) is 1.67. The third-order valence-corrected chi connectivity index (χ3v) is 1.61. The van der Waals surface area contributed by atoms with Crippen molar-refractivity contribution in [3.05, 3.63) is 27.7 Å². The molecule has 72 valence electrons. The molecule has 4 nitrogen and oxygen atoms in total. The fraction of sp³-hybridized carbons (Fsp3) is 0.286. The lowest BCUT2D eigenvalue weighted by Crippen LogP contribution is -2.18. The van der Waals surface area contributed by atoms with Gasteiger partial charge in [-0.2, -0.15) is 0 Å². The minimum atomic E-state index is -2.94. The van der Waals surface area contributed by atoms with Crippen LogP contribution in [0.5, 0.6) is 0 Å². The van der Waals surface area contributed by atoms with Crippen molar-refractivity contribution in [2.24, 2.45) is 0 Å². The molecular formula is C7H8F2N2O2. The first kappa shape index (κ1) is 9.66. The normalized spacial score (nSPS) is 10.8. The molecule has 0 saturated heterocycles. The van der Waals surface area contributed by atoms with Crippen LogP contribution in [0.15, 0.2) is 11.0 Å². The molecule has 0 saturated carbocycles. The van der Waals surface area contributed by atoms with Gasteiger partial charge in [0.05, 0.1) is 23.6 Å². The standard InChI is InChI=1S/C7H8F2N2O2/c8-7(9)5-4(2-12)11-1-3(10)6(5)13/h1,7,12H,2,10H2,(H,11,13). The number of aliphatic hydroxyl groups is 1. The molecule has 4 N–H and O–H groups in total. The second-order valence-corrected chi connectivity index (χ2v) is 2.42. The predicted octanol–water partition coefficient (Wildman–Crippen LogP) is 0.387. The number of anilines is 1. The minimum absolute atomic E-state index is 0.200. The maximum atomic E-state index is 12.3. The van der Waals surface area contributed by atoms with Crippen LogP contribution >= 0.6 is 0 Å². The fourth-order valence-electron chi connectivity index (χ4n) is 0.962. The van der Waals surface area contributed by atoms with Gasteiger partial charge in [0, 0.05) is 6.20 Å². The van der Waals surface area contributed by atoms with E-state index in [2.05, 4.69) is 4.98 Å². The van der Waals surface area contributed by atoms with Crippen molar-refractivity contribution in [3.63, 3.8) is 0 Å². The largest absolute Gasteiger partial charge is 0.394 e. The predicted molar refractivity (Wildman–Crippen MR) is 42.4 cm³/mol. The Morgan fingerprint density at radius 3 is 2.69 bits per heavy atom. The van der Waals surface area contributed by atoms with Crippen LogP contribution in [-0.2, 0) is 6.61 Å². The number of rotatable bonds is 2. The highest BCUT2D eigenvalue weighted by atomic mass is 19.3. The molecule has 0 aliphatic carbocycles. The second-order valence-electron chi connectivity index (χ2n) is 2.42. The van der Waals surface area contributed by atoms with Crippen molar-refractivity contribution >= 4 is 5.69 Å². The summed E-state index contributed by atoms with van der Waals surface area (Å²) in [5, 5.41) is 8.64. The van der Waals surface area contributed by atoms with E-state index in [4.69, 9.17) is 10.8 Å². The highest BCUT2D eigenvalue weighted by molar-refractivity contribution is 5.40. The maximum absolute atomic E-state index is 12.3. The second kappa shape index (κ2) is 3.53. The topological polar surface area (TPSA) is 79.1 Å². The Morgan fingerprint density at radius 1 is 1.62 bits per heavy atom. The van der Waals surface area contributed by atoms with E-state index < -0.39 is 24.0 Å². The van der Waals surface area contributed by atoms with Crippen LogP contribution in [0.4, 0.5) is 14.5 Å². The molecule has 0 unspecified atom stereocenters. The zero-order chi connectivity index (χ0) is 10.0. The Morgan fingerprint density at radius 2 is 2.23 bits per heavy atom. The lowest BCUT2D eigenvalue weighted by molar-refractivity contribution is 0.145. The van der Waals surface area contributed by atoms with Crippen LogP contribution in [0, 0.1) is 0 Å². The summed E-state index contributed by atoms with van der Waals surface area (Å²) in [6, 6.07) is 0. The Kier molecular flexibility index (Phi) is 2.62. The number of hydrogen-bond donors (Lipinski definition) is 3. The molecule has 13 heavy (non-hydrogen) atoms. The van der Waals surface area contributed by atoms with Crippen LogP contribution in [0.2, 0.25) is 0 Å². The van der Waals surface area contributed by atoms with Crippen molar-refractivity contribution in [3.8, 4) is 0 Å². The number of aromatic amines is 1. The van der Waals surface area contributed by atoms with Crippen LogP contribution in [0.1, 0.15) is 17.7 Å². The quantitative estimate of drug-likeness (QED) is 0.631. The molecule has 0 bridgehead atoms. The van der Waals surface area contributed by atoms with Crippen molar-refractivity contribution < 1.29 is 13.9 Å². The molecule has 1 rings (SSSR count). The van der Waals surface area contributed by atoms with E-state index in [0.29, 0.717) is 0 Å². The van der Waals surface area contributed by atoms with Gasteiger partial charge in [-0.05, 0) is 0 Å². The number of alkyl halides is 2. The van der Waals surface area contributed by atoms with Gasteiger partial charge in [-0.15, -0.1) is 0 Å². The molecule has 1 aromatic rings. The van der Waals surface area contributed by atoms with Gasteiger partial charge in [-0.1, -0.05) is 0 Å². The number of H-pyrrole nitrogens is 1. The lowest BCUT2D eigenvalue weighted by atomic mass is 10.2. The first-order valence-electron chi connectivity index (χ1n) is 3.47. The summed E-state index contributed by atoms with van der Waals surface area (Å²) in [5.74, 6) is 0. The average Bonchev–Trinajstić information content (AvgIpc) is 2.08. The van der Waals surface area contributed by atoms with Crippen LogP contribution in [-0.4, -0.2) is 10.1 Å². The molecule has 0 fully saturated rings. The maximum Gasteiger partial charge on any atom is 0.269 e. The number of nitrogen functional groups attached to an aromatic ring is 1. The van der Waals surface area contributed by atoms with Crippen LogP contribution in [0.3, 0.4) is 0 Å². The number of nitrogens with two attached hydrogens (primary N) is 1. The van der Waals surface area contributed by atoms with Gasteiger partial charge < -0.3 is 15.8 Å². The molecule has 1 aromatic heterocycles. The van der Waals surface area contributed by atoms with E-state index in [-0.39, 0.29) is 11.4 Å². The monoisotopic (exact) mass is 190 g/mol. The molecule has 0 amide bonds. The molecule has 6 heteroatoms. The van der Waals surface area contributed by atoms with Gasteiger partial charge in [0.15, 0.2) is 0 Å². The Bertz CT molecular complexity index is 362. The van der Waals surface area contributed by atoms with Gasteiger partial charge in [0.25, 0.3) is 6.43 Å². The van der Waals surface area contributed by atoms with E-state index in [0.717, 1.165) is 6.20 Å². The summed E-state index contributed by atoms with van der Waals surface area (Å²) in [5.41, 5.74) is 2.94. The van der Waals surface area contributed by atoms with Crippen molar-refractivity contribution in [2.45, 2.75) is 13.0 Å². The molecule has 0 atom stereocenters. The number of hydrogen-bond acceptors (Lipinski definition) is 3. The zero-order valence-corrected chi connectivity index (χ0v) is 6.55. The van der Waals surface area contributed by atoms with Gasteiger partial charge in [-0.3, -0.25) is 4.79 Å². The number of nitrogens with one attached hydrogen (secondary N) is 1. The highest BCUT2D eigenvalue weighted by Gasteiger charge is 2.18. The summed E-state index contributed by atoms with van der Waals surface area (Å²) in [6.07, 6.45) is -1.85. The molecular weight excluding hydrogens is 182 g/mol. The molecule has 0 spiro atoms. The van der Waals surface area contributed by atoms with E-state index in [1.54, 1.807) is 0 Å². The third-order valence-electron chi connectivity index (χ3n) is 1.61. The van der Waals surface area contributed by atoms with Crippen molar-refractivity contribution in [1.29, 1.82) is 0 Å². The molecule has 0 radical (unpaired) electrons. The molecule has 0 aromatic carbocycles. The minimum Gasteiger partial charge on any atom is -0.394 e. The number of aliphatic hydroxyl groups excluding tert-OH is 1. The number of aromatic nitrogens is 1. The van der Waals surface area contributed by atoms with Gasteiger partial charge >= 0.3 is 0 Å². The van der Waals surface area contributed by atoms with Gasteiger partial charge in [0.1, 0.15) is 0 Å². The van der Waals surface area contributed by atoms with E-state index in [1.165, 1.54) is 0 Å². The summed E-state index contributed by atoms with van der Waals surface area (Å²) in [6.45, 7) is -0.644. The van der Waals surface area contributed by atoms with E-state index in [1.807, 2.05) is 0 Å². The summed E-state index contributed by atoms with van der Waals surface area (Å²) < 4.78 is 24.5. The van der Waals surface area contributed by atoms with E-state index >= 15 is 0 Å². The Balaban J connectivity index is 3.42. The van der Waals surface area contributed by atoms with Gasteiger partial charge in [-0.25, -0.2) is 8.78 Å². The van der Waals surface area contributed by atoms with Crippen molar-refractivity contribution in [2.75, 3.05) is 5.73 Å². The SMILES string of the molecule is Nc1c[nH]c(CO)c(C(F)F)c1=O. The molecule has 1 heterocycles. The first-order chi connectivity index (χ1) is 6.07. The molecule has 0 aliphatic rings. The average molecular weight is 190 g/mol. The summed E-state index contributed by atoms with van der Waals surface area (Å²) in [4.78, 5) is 13.4. The van der Waals surface area contributed by atoms with Crippen LogP contribution < -0.4 is 11.2 Å². The summed E-state index contributed by atoms with van der Waals surface area (Å²) >= 11 is 0. The molecule has 0 aliphatic heterocycles. The van der Waals surface area contributed by atoms with Crippen molar-refractivity contribution in [1.82, 2.24) is 4.98 Å². The highest BCUT2D eigenvalue weighted by Crippen LogP contribution is 2.18. The Labute approximate surface area is 72.0 Å². The van der Waals surface area contributed by atoms with Crippen LogP contribution in [0.25, 0.3) is 0 Å². The van der Waals surface area contributed by atoms with Gasteiger partial charge in [0.2, 0.25) is 5.43 Å². The Hall–Kier alpha value is -1.43. The smallest absolute Gasteiger partial charge is 0.269 e. The summed E-state index contributed by atoms with van der Waals surface area (Å²) in [7, 11) is 0. The lowest BCUT2D eigenvalue weighted by Gasteiger charge is -2.05. The zero-order valence-electron chi connectivity index (χ0n) is 6.55. The fourth-order valence-corrected chi connectivity index (χ4v) is 0.962. The number of pyridine rings is 1. The number of halogens is 2. The first-order valence-corrected chi connectivity index (χ1v) is 3.47. The van der Waals surface area contributed by atoms with E-state index in [9.17, 15) is 13.6 Å².